The predicted octanol–water partition coefficient (Wildman–Crippen LogP) is 6.63. The summed E-state index contributed by atoms with van der Waals surface area (Å²) in [6.45, 7) is 0. The molecule has 0 radical (unpaired) electrons. The van der Waals surface area contributed by atoms with Gasteiger partial charge in [0.15, 0.2) is 0 Å². The van der Waals surface area contributed by atoms with Crippen LogP contribution in [0.3, 0.4) is 0 Å². The van der Waals surface area contributed by atoms with Crippen molar-refractivity contribution in [2.24, 2.45) is 5.84 Å². The van der Waals surface area contributed by atoms with Gasteiger partial charge >= 0.3 is 0 Å². The molecule has 0 fully saturated rings. The maximum absolute atomic E-state index is 14.2. The van der Waals surface area contributed by atoms with E-state index < -0.39 is 23.1 Å². The fraction of sp³-hybridized carbons (Fsp3) is 0.0286. The number of carbonyl (C=O) groups excluding carboxylic acids is 1. The number of hydrogen-bond acceptors (Lipinski definition) is 7. The molecule has 11 heteroatoms. The van der Waals surface area contributed by atoms with Crippen molar-refractivity contribution in [1.82, 2.24) is 19.5 Å². The molecule has 1 aliphatic heterocycles. The summed E-state index contributed by atoms with van der Waals surface area (Å²) >= 11 is 0. The number of nitrogens with two attached hydrogens (primary N) is 1. The Morgan fingerprint density at radius 3 is 2.48 bits per heavy atom. The topological polar surface area (TPSA) is 125 Å². The smallest absolute Gasteiger partial charge is 0.261 e. The molecule has 0 saturated carbocycles. The number of benzene rings is 3. The number of anilines is 3. The van der Waals surface area contributed by atoms with Crippen LogP contribution < -0.4 is 16.5 Å². The van der Waals surface area contributed by atoms with Gasteiger partial charge in [0.25, 0.3) is 5.91 Å². The zero-order chi connectivity index (χ0) is 32.0. The van der Waals surface area contributed by atoms with Gasteiger partial charge in [-0.2, -0.15) is 5.26 Å². The summed E-state index contributed by atoms with van der Waals surface area (Å²) in [5.41, 5.74) is 4.34. The molecule has 226 valence electrons. The van der Waals surface area contributed by atoms with Crippen LogP contribution in [0.5, 0.6) is 0 Å². The quantitative estimate of drug-likeness (QED) is 0.168. The van der Waals surface area contributed by atoms with Crippen molar-refractivity contribution in [3.8, 4) is 11.8 Å². The normalized spacial score (nSPS) is 13.3. The van der Waals surface area contributed by atoms with Gasteiger partial charge in [-0.05, 0) is 78.4 Å². The summed E-state index contributed by atoms with van der Waals surface area (Å²) in [4.78, 5) is 21.9. The number of nitrogens with one attached hydrogen (secondary N) is 2. The highest BCUT2D eigenvalue weighted by Crippen LogP contribution is 2.28. The minimum absolute atomic E-state index is 0.306. The predicted molar refractivity (Wildman–Crippen MR) is 171 cm³/mol. The van der Waals surface area contributed by atoms with E-state index in [9.17, 15) is 18.8 Å². The average molecular weight is 613 g/mol. The number of hydrazine groups is 1. The zero-order valence-electron chi connectivity index (χ0n) is 24.2. The van der Waals surface area contributed by atoms with E-state index in [2.05, 4.69) is 21.7 Å². The van der Waals surface area contributed by atoms with Crippen molar-refractivity contribution >= 4 is 28.8 Å². The first-order chi connectivity index (χ1) is 22.4. The molecule has 0 spiro atoms. The van der Waals surface area contributed by atoms with Gasteiger partial charge in [-0.25, -0.2) is 24.6 Å². The fourth-order valence-corrected chi connectivity index (χ4v) is 5.04. The SMILES string of the molecule is N#Cc1cc(Nc2nccc(/C(Cc3cccc(NC(=O)c4c(F)cccc4F)c3)=C3\C=CC=CN3N)n2)ccc1-n1cccc1. The summed E-state index contributed by atoms with van der Waals surface area (Å²) in [6, 6.07) is 23.4. The van der Waals surface area contributed by atoms with Gasteiger partial charge in [0.1, 0.15) is 23.3 Å². The van der Waals surface area contributed by atoms with Crippen LogP contribution in [0.2, 0.25) is 0 Å². The van der Waals surface area contributed by atoms with Gasteiger partial charge in [-0.15, -0.1) is 0 Å². The second-order valence-corrected chi connectivity index (χ2v) is 10.2. The largest absolute Gasteiger partial charge is 0.324 e. The molecular weight excluding hydrogens is 586 g/mol. The number of allylic oxidation sites excluding steroid dienone is 4. The van der Waals surface area contributed by atoms with Crippen molar-refractivity contribution in [2.75, 3.05) is 10.6 Å². The maximum atomic E-state index is 14.2. The molecule has 1 amide bonds. The first-order valence-electron chi connectivity index (χ1n) is 14.1. The van der Waals surface area contributed by atoms with E-state index in [-0.39, 0.29) is 0 Å². The highest BCUT2D eigenvalue weighted by molar-refractivity contribution is 6.04. The molecule has 0 aliphatic carbocycles. The summed E-state index contributed by atoms with van der Waals surface area (Å²) in [6.07, 6.45) is 12.9. The monoisotopic (exact) mass is 612 g/mol. The second-order valence-electron chi connectivity index (χ2n) is 10.2. The van der Waals surface area contributed by atoms with Gasteiger partial charge in [-0.1, -0.05) is 24.3 Å². The van der Waals surface area contributed by atoms with Crippen LogP contribution in [0.15, 0.2) is 128 Å². The Kier molecular flexibility index (Phi) is 8.45. The Morgan fingerprint density at radius 2 is 1.72 bits per heavy atom. The third-order valence-electron chi connectivity index (χ3n) is 7.18. The van der Waals surface area contributed by atoms with E-state index >= 15 is 0 Å². The first-order valence-corrected chi connectivity index (χ1v) is 14.1. The molecule has 0 unspecified atom stereocenters. The fourth-order valence-electron chi connectivity index (χ4n) is 5.04. The van der Waals surface area contributed by atoms with E-state index in [1.54, 1.807) is 48.8 Å². The van der Waals surface area contributed by atoms with Crippen molar-refractivity contribution in [3.63, 3.8) is 0 Å². The Bertz CT molecular complexity index is 2040. The number of carbonyl (C=O) groups is 1. The average Bonchev–Trinajstić information content (AvgIpc) is 3.59. The minimum Gasteiger partial charge on any atom is -0.324 e. The molecule has 3 heterocycles. The molecule has 4 N–H and O–H groups in total. The molecule has 9 nitrogen and oxygen atoms in total. The van der Waals surface area contributed by atoms with E-state index in [1.807, 2.05) is 59.4 Å². The molecule has 1 aliphatic rings. The van der Waals surface area contributed by atoms with Gasteiger partial charge in [0.2, 0.25) is 5.95 Å². The molecule has 6 rings (SSSR count). The van der Waals surface area contributed by atoms with Gasteiger partial charge in [0, 0.05) is 48.2 Å². The maximum Gasteiger partial charge on any atom is 0.261 e. The summed E-state index contributed by atoms with van der Waals surface area (Å²) in [5.74, 6) is 3.84. The standard InChI is InChI=1S/C35H26F2N8O/c36-28-9-6-10-29(37)33(28)34(46)41-25-8-5-7-23(19-25)20-27(32-11-1-2-18-45(32)39)30-14-15-40-35(43-30)42-26-12-13-31(24(21-26)22-38)44-16-3-4-17-44/h1-19,21H,20,39H2,(H,41,46)(H,40,42,43)/b32-27+. The molecule has 46 heavy (non-hydrogen) atoms. The number of halogens is 2. The van der Waals surface area contributed by atoms with Gasteiger partial charge in [-0.3, -0.25) is 9.80 Å². The Hall–Kier alpha value is -6.38. The first kappa shape index (κ1) is 29.7. The molecule has 0 saturated heterocycles. The molecule has 5 aromatic rings. The number of rotatable bonds is 8. The third-order valence-corrected chi connectivity index (χ3v) is 7.18. The molecule has 0 atom stereocenters. The molecule has 0 bridgehead atoms. The molecule has 2 aromatic heterocycles. The minimum atomic E-state index is -0.949. The van der Waals surface area contributed by atoms with Crippen LogP contribution in [0, 0.1) is 23.0 Å². The van der Waals surface area contributed by atoms with Crippen molar-refractivity contribution in [1.29, 1.82) is 5.26 Å². The number of nitriles is 1. The lowest BCUT2D eigenvalue weighted by molar-refractivity contribution is 0.101. The summed E-state index contributed by atoms with van der Waals surface area (Å²) in [5, 5.41) is 17.0. The van der Waals surface area contributed by atoms with E-state index in [0.29, 0.717) is 40.7 Å². The van der Waals surface area contributed by atoms with Gasteiger partial charge in [0.05, 0.1) is 22.6 Å². The van der Waals surface area contributed by atoms with Crippen LogP contribution in [0.1, 0.15) is 27.2 Å². The Morgan fingerprint density at radius 1 is 0.935 bits per heavy atom. The van der Waals surface area contributed by atoms with Crippen LogP contribution in [0.25, 0.3) is 11.3 Å². The lowest BCUT2D eigenvalue weighted by Crippen LogP contribution is -2.26. The van der Waals surface area contributed by atoms with E-state index in [0.717, 1.165) is 29.0 Å². The molecule has 3 aromatic carbocycles. The highest BCUT2D eigenvalue weighted by atomic mass is 19.1. The van der Waals surface area contributed by atoms with E-state index in [1.165, 1.54) is 11.1 Å². The van der Waals surface area contributed by atoms with Crippen molar-refractivity contribution < 1.29 is 13.6 Å². The van der Waals surface area contributed by atoms with Crippen LogP contribution in [-0.2, 0) is 6.42 Å². The zero-order valence-corrected chi connectivity index (χ0v) is 24.2. The lowest BCUT2D eigenvalue weighted by atomic mass is 9.98. The molecular formula is C35H26F2N8O. The number of aromatic nitrogens is 3. The van der Waals surface area contributed by atoms with Crippen molar-refractivity contribution in [2.45, 2.75) is 6.42 Å². The Labute approximate surface area is 263 Å². The number of hydrogen-bond donors (Lipinski definition) is 3. The Balaban J connectivity index is 1.29. The van der Waals surface area contributed by atoms with Crippen LogP contribution in [0.4, 0.5) is 26.1 Å². The third kappa shape index (κ3) is 6.42. The number of amides is 1. The summed E-state index contributed by atoms with van der Waals surface area (Å²) < 4.78 is 30.3. The van der Waals surface area contributed by atoms with E-state index in [4.69, 9.17) is 10.8 Å². The van der Waals surface area contributed by atoms with Crippen molar-refractivity contribution in [3.05, 3.63) is 162 Å². The van der Waals surface area contributed by atoms with Crippen LogP contribution in [-0.4, -0.2) is 25.5 Å². The number of nitrogens with zero attached hydrogens (tertiary/aromatic N) is 5. The lowest BCUT2D eigenvalue weighted by Gasteiger charge is -2.22. The van der Waals surface area contributed by atoms with Crippen LogP contribution >= 0.6 is 0 Å². The summed E-state index contributed by atoms with van der Waals surface area (Å²) in [7, 11) is 0. The van der Waals surface area contributed by atoms with Gasteiger partial charge < -0.3 is 15.2 Å². The highest BCUT2D eigenvalue weighted by Gasteiger charge is 2.19. The second kappa shape index (κ2) is 13.1.